The van der Waals surface area contributed by atoms with Crippen LogP contribution in [0.4, 0.5) is 5.69 Å². The van der Waals surface area contributed by atoms with E-state index in [9.17, 15) is 19.7 Å². The molecule has 2 aromatic rings. The van der Waals surface area contributed by atoms with Crippen molar-refractivity contribution in [1.82, 2.24) is 14.7 Å². The molecule has 0 aliphatic rings. The Morgan fingerprint density at radius 1 is 1.37 bits per heavy atom. The standard InChI is InChI=1S/C18H23N5O4/c1-12-9-15(24)16(17(25)21(4)11-18(2,3)10-19)20-22(12)13-7-5-6-8-14(13)23(26)27/h5-9H,10-11,19H2,1-4H3. The predicted molar refractivity (Wildman–Crippen MR) is 101 cm³/mol. The van der Waals surface area contributed by atoms with E-state index in [1.54, 1.807) is 20.0 Å². The number of carbonyl (C=O) groups is 1. The van der Waals surface area contributed by atoms with Gasteiger partial charge in [-0.1, -0.05) is 26.0 Å². The number of hydrogen-bond donors (Lipinski definition) is 1. The summed E-state index contributed by atoms with van der Waals surface area (Å²) in [7, 11) is 1.57. The summed E-state index contributed by atoms with van der Waals surface area (Å²) in [6, 6.07) is 7.26. The Balaban J connectivity index is 2.53. The average Bonchev–Trinajstić information content (AvgIpc) is 2.61. The lowest BCUT2D eigenvalue weighted by Crippen LogP contribution is -2.41. The van der Waals surface area contributed by atoms with Gasteiger partial charge in [-0.15, -0.1) is 0 Å². The van der Waals surface area contributed by atoms with E-state index in [-0.39, 0.29) is 22.5 Å². The summed E-state index contributed by atoms with van der Waals surface area (Å²) < 4.78 is 1.24. The van der Waals surface area contributed by atoms with Gasteiger partial charge < -0.3 is 10.6 Å². The topological polar surface area (TPSA) is 124 Å². The number of aryl methyl sites for hydroxylation is 1. The minimum absolute atomic E-state index is 0.173. The predicted octanol–water partition coefficient (Wildman–Crippen LogP) is 1.51. The van der Waals surface area contributed by atoms with E-state index in [4.69, 9.17) is 5.73 Å². The second-order valence-electron chi connectivity index (χ2n) is 7.19. The molecule has 1 aromatic heterocycles. The van der Waals surface area contributed by atoms with Crippen LogP contribution in [0.1, 0.15) is 30.0 Å². The quantitative estimate of drug-likeness (QED) is 0.604. The maximum atomic E-state index is 12.7. The third-order valence-electron chi connectivity index (χ3n) is 4.18. The highest BCUT2D eigenvalue weighted by Crippen LogP contribution is 2.22. The van der Waals surface area contributed by atoms with Crippen LogP contribution in [0, 0.1) is 22.5 Å². The second-order valence-corrected chi connectivity index (χ2v) is 7.19. The summed E-state index contributed by atoms with van der Waals surface area (Å²) in [6.45, 7) is 6.12. The lowest BCUT2D eigenvalue weighted by molar-refractivity contribution is -0.384. The van der Waals surface area contributed by atoms with E-state index in [0.717, 1.165) is 0 Å². The highest BCUT2D eigenvalue weighted by atomic mass is 16.6. The first-order chi connectivity index (χ1) is 12.6. The van der Waals surface area contributed by atoms with Crippen molar-refractivity contribution in [3.05, 3.63) is 62.1 Å². The molecule has 27 heavy (non-hydrogen) atoms. The van der Waals surface area contributed by atoms with Crippen molar-refractivity contribution in [3.8, 4) is 5.69 Å². The van der Waals surface area contributed by atoms with Crippen molar-refractivity contribution in [2.45, 2.75) is 20.8 Å². The fraction of sp³-hybridized carbons (Fsp3) is 0.389. The van der Waals surface area contributed by atoms with Crippen molar-refractivity contribution in [2.24, 2.45) is 11.1 Å². The van der Waals surface area contributed by atoms with Gasteiger partial charge in [0.05, 0.1) is 4.92 Å². The molecule has 1 heterocycles. The van der Waals surface area contributed by atoms with Gasteiger partial charge in [-0.2, -0.15) is 5.10 Å². The molecule has 0 atom stereocenters. The number of nitro groups is 1. The molecule has 9 nitrogen and oxygen atoms in total. The number of aromatic nitrogens is 2. The summed E-state index contributed by atoms with van der Waals surface area (Å²) in [5.74, 6) is -0.561. The fourth-order valence-corrected chi connectivity index (χ4v) is 2.70. The van der Waals surface area contributed by atoms with Gasteiger partial charge in [0.2, 0.25) is 5.43 Å². The zero-order valence-electron chi connectivity index (χ0n) is 15.8. The van der Waals surface area contributed by atoms with Crippen LogP contribution in [0.2, 0.25) is 0 Å². The average molecular weight is 373 g/mol. The molecule has 2 N–H and O–H groups in total. The number of benzene rings is 1. The van der Waals surface area contributed by atoms with Crippen LogP contribution >= 0.6 is 0 Å². The number of nitrogens with zero attached hydrogens (tertiary/aromatic N) is 4. The summed E-state index contributed by atoms with van der Waals surface area (Å²) in [5.41, 5.74) is 4.93. The van der Waals surface area contributed by atoms with E-state index < -0.39 is 16.3 Å². The largest absolute Gasteiger partial charge is 0.340 e. The van der Waals surface area contributed by atoms with Crippen molar-refractivity contribution in [1.29, 1.82) is 0 Å². The molecule has 0 bridgehead atoms. The van der Waals surface area contributed by atoms with Crippen LogP contribution in [0.25, 0.3) is 5.69 Å². The fourth-order valence-electron chi connectivity index (χ4n) is 2.70. The van der Waals surface area contributed by atoms with Gasteiger partial charge in [-0.3, -0.25) is 19.7 Å². The Bertz CT molecular complexity index is 936. The third kappa shape index (κ3) is 4.37. The zero-order chi connectivity index (χ0) is 20.4. The maximum absolute atomic E-state index is 12.7. The van der Waals surface area contributed by atoms with Gasteiger partial charge in [-0.25, -0.2) is 4.68 Å². The van der Waals surface area contributed by atoms with Gasteiger partial charge in [0.15, 0.2) is 5.69 Å². The van der Waals surface area contributed by atoms with Crippen LogP contribution in [0.3, 0.4) is 0 Å². The molecule has 0 unspecified atom stereocenters. The zero-order valence-corrected chi connectivity index (χ0v) is 15.8. The number of nitrogens with two attached hydrogens (primary N) is 1. The molecule has 1 aromatic carbocycles. The van der Waals surface area contributed by atoms with Crippen molar-refractivity contribution in [2.75, 3.05) is 20.1 Å². The van der Waals surface area contributed by atoms with Crippen molar-refractivity contribution >= 4 is 11.6 Å². The SMILES string of the molecule is Cc1cc(=O)c(C(=O)N(C)CC(C)(C)CN)nn1-c1ccccc1[N+](=O)[O-]. The summed E-state index contributed by atoms with van der Waals surface area (Å²) in [5, 5.41) is 15.4. The lowest BCUT2D eigenvalue weighted by atomic mass is 9.93. The number of nitro benzene ring substituents is 1. The lowest BCUT2D eigenvalue weighted by Gasteiger charge is -2.28. The number of carbonyl (C=O) groups excluding carboxylic acids is 1. The molecular formula is C18H23N5O4. The molecule has 0 fully saturated rings. The van der Waals surface area contributed by atoms with Crippen molar-refractivity contribution < 1.29 is 9.72 Å². The van der Waals surface area contributed by atoms with E-state index >= 15 is 0 Å². The minimum Gasteiger partial charge on any atom is -0.340 e. The first-order valence-electron chi connectivity index (χ1n) is 8.37. The summed E-state index contributed by atoms with van der Waals surface area (Å²) >= 11 is 0. The van der Waals surface area contributed by atoms with Crippen LogP contribution in [-0.2, 0) is 0 Å². The molecule has 0 saturated carbocycles. The monoisotopic (exact) mass is 373 g/mol. The molecule has 0 saturated heterocycles. The van der Waals surface area contributed by atoms with Crippen LogP contribution in [-0.4, -0.2) is 45.6 Å². The Kier molecular flexibility index (Phi) is 5.75. The maximum Gasteiger partial charge on any atom is 0.294 e. The summed E-state index contributed by atoms with van der Waals surface area (Å²) in [6.07, 6.45) is 0. The van der Waals surface area contributed by atoms with Gasteiger partial charge in [0, 0.05) is 31.4 Å². The number of rotatable bonds is 6. The molecule has 0 radical (unpaired) electrons. The van der Waals surface area contributed by atoms with Gasteiger partial charge in [-0.05, 0) is 24.9 Å². The molecule has 0 spiro atoms. The Hall–Kier alpha value is -3.07. The Morgan fingerprint density at radius 3 is 2.59 bits per heavy atom. The number of hydrogen-bond acceptors (Lipinski definition) is 6. The highest BCUT2D eigenvalue weighted by Gasteiger charge is 2.26. The normalized spacial score (nSPS) is 11.3. The molecule has 144 valence electrons. The smallest absolute Gasteiger partial charge is 0.294 e. The number of para-hydroxylation sites is 2. The van der Waals surface area contributed by atoms with E-state index in [1.165, 1.54) is 33.8 Å². The number of amides is 1. The second kappa shape index (κ2) is 7.67. The minimum atomic E-state index is -0.561. The molecule has 2 rings (SSSR count). The van der Waals surface area contributed by atoms with Crippen LogP contribution in [0.15, 0.2) is 35.1 Å². The first kappa shape index (κ1) is 20.2. The van der Waals surface area contributed by atoms with Gasteiger partial charge in [0.1, 0.15) is 5.69 Å². The molecular weight excluding hydrogens is 350 g/mol. The summed E-state index contributed by atoms with van der Waals surface area (Å²) in [4.78, 5) is 37.2. The Morgan fingerprint density at radius 2 is 2.00 bits per heavy atom. The molecule has 9 heteroatoms. The van der Waals surface area contributed by atoms with E-state index in [2.05, 4.69) is 5.10 Å². The van der Waals surface area contributed by atoms with E-state index in [0.29, 0.717) is 18.8 Å². The highest BCUT2D eigenvalue weighted by molar-refractivity contribution is 5.92. The van der Waals surface area contributed by atoms with Crippen molar-refractivity contribution in [3.63, 3.8) is 0 Å². The molecule has 0 aliphatic heterocycles. The molecule has 1 amide bonds. The van der Waals surface area contributed by atoms with E-state index in [1.807, 2.05) is 13.8 Å². The Labute approximate surface area is 156 Å². The molecule has 0 aliphatic carbocycles. The van der Waals surface area contributed by atoms with Crippen LogP contribution < -0.4 is 11.2 Å². The van der Waals surface area contributed by atoms with Crippen LogP contribution in [0.5, 0.6) is 0 Å². The first-order valence-corrected chi connectivity index (χ1v) is 8.37. The van der Waals surface area contributed by atoms with Gasteiger partial charge >= 0.3 is 0 Å². The third-order valence-corrected chi connectivity index (χ3v) is 4.18. The van der Waals surface area contributed by atoms with Gasteiger partial charge in [0.25, 0.3) is 11.6 Å².